The van der Waals surface area contributed by atoms with Crippen LogP contribution in [0.2, 0.25) is 0 Å². The van der Waals surface area contributed by atoms with Crippen molar-refractivity contribution in [3.63, 3.8) is 0 Å². The third-order valence-corrected chi connectivity index (χ3v) is 6.31. The molecule has 0 spiro atoms. The molecular weight excluding hydrogens is 320 g/mol. The summed E-state index contributed by atoms with van der Waals surface area (Å²) in [5, 5.41) is 13.1. The van der Waals surface area contributed by atoms with E-state index in [2.05, 4.69) is 46.1 Å². The highest BCUT2D eigenvalue weighted by molar-refractivity contribution is 7.16. The summed E-state index contributed by atoms with van der Waals surface area (Å²) in [7, 11) is 0. The Kier molecular flexibility index (Phi) is 3.91. The Morgan fingerprint density at radius 3 is 3.17 bits per heavy atom. The highest BCUT2D eigenvalue weighted by Gasteiger charge is 2.27. The van der Waals surface area contributed by atoms with Gasteiger partial charge < -0.3 is 9.88 Å². The van der Waals surface area contributed by atoms with Crippen molar-refractivity contribution in [1.29, 1.82) is 5.26 Å². The van der Waals surface area contributed by atoms with Crippen molar-refractivity contribution in [3.8, 4) is 6.07 Å². The van der Waals surface area contributed by atoms with Crippen LogP contribution in [0.15, 0.2) is 18.3 Å². The molecule has 2 aromatic rings. The number of carbonyl (C=O) groups is 1. The van der Waals surface area contributed by atoms with Crippen LogP contribution >= 0.6 is 11.3 Å². The molecule has 0 bridgehead atoms. The van der Waals surface area contributed by atoms with Gasteiger partial charge in [0.1, 0.15) is 11.1 Å². The molecular formula is C18H20N4OS. The minimum absolute atomic E-state index is 0.0294. The molecule has 1 unspecified atom stereocenters. The van der Waals surface area contributed by atoms with E-state index in [1.807, 2.05) is 0 Å². The van der Waals surface area contributed by atoms with Crippen LogP contribution in [0.1, 0.15) is 41.1 Å². The number of carbonyl (C=O) groups excluding carboxylic acids is 1. The molecule has 3 heterocycles. The van der Waals surface area contributed by atoms with Crippen molar-refractivity contribution in [1.82, 2.24) is 9.47 Å². The zero-order valence-corrected chi connectivity index (χ0v) is 14.5. The maximum Gasteiger partial charge on any atom is 0.239 e. The van der Waals surface area contributed by atoms with Crippen LogP contribution in [0.4, 0.5) is 5.00 Å². The number of rotatable bonds is 3. The van der Waals surface area contributed by atoms with E-state index in [9.17, 15) is 10.1 Å². The molecule has 0 fully saturated rings. The number of hydrogen-bond acceptors (Lipinski definition) is 4. The molecule has 1 aliphatic carbocycles. The van der Waals surface area contributed by atoms with Gasteiger partial charge in [0.2, 0.25) is 5.91 Å². The number of aromatic nitrogens is 1. The van der Waals surface area contributed by atoms with E-state index in [-0.39, 0.29) is 11.9 Å². The number of anilines is 1. The molecule has 124 valence electrons. The largest absolute Gasteiger partial charge is 0.349 e. The van der Waals surface area contributed by atoms with Crippen LogP contribution in [-0.4, -0.2) is 28.5 Å². The molecule has 6 heteroatoms. The van der Waals surface area contributed by atoms with Gasteiger partial charge in [-0.2, -0.15) is 5.26 Å². The van der Waals surface area contributed by atoms with Gasteiger partial charge in [-0.1, -0.05) is 0 Å². The maximum absolute atomic E-state index is 12.5. The maximum atomic E-state index is 12.5. The SMILES string of the molecule is CC1c2cccn2CCN1CC(=O)Nc1sc2c(c1C#N)CCC2. The minimum atomic E-state index is -0.0294. The first-order valence-corrected chi connectivity index (χ1v) is 9.22. The molecule has 2 aromatic heterocycles. The second-order valence-corrected chi connectivity index (χ2v) is 7.60. The minimum Gasteiger partial charge on any atom is -0.349 e. The first kappa shape index (κ1) is 15.4. The lowest BCUT2D eigenvalue weighted by Gasteiger charge is -2.34. The Labute approximate surface area is 145 Å². The second kappa shape index (κ2) is 6.08. The van der Waals surface area contributed by atoms with Gasteiger partial charge in [0.15, 0.2) is 0 Å². The van der Waals surface area contributed by atoms with E-state index in [0.717, 1.165) is 42.9 Å². The van der Waals surface area contributed by atoms with Crippen molar-refractivity contribution < 1.29 is 4.79 Å². The quantitative estimate of drug-likeness (QED) is 0.934. The van der Waals surface area contributed by atoms with Gasteiger partial charge >= 0.3 is 0 Å². The molecule has 4 rings (SSSR count). The van der Waals surface area contributed by atoms with Gasteiger partial charge in [0.05, 0.1) is 12.1 Å². The normalized spacial score (nSPS) is 19.6. The van der Waals surface area contributed by atoms with Gasteiger partial charge in [-0.3, -0.25) is 9.69 Å². The fraction of sp³-hybridized carbons (Fsp3) is 0.444. The number of amides is 1. The molecule has 0 saturated carbocycles. The van der Waals surface area contributed by atoms with E-state index < -0.39 is 0 Å². The summed E-state index contributed by atoms with van der Waals surface area (Å²) in [6.07, 6.45) is 5.21. The van der Waals surface area contributed by atoms with Crippen LogP contribution < -0.4 is 5.32 Å². The highest BCUT2D eigenvalue weighted by atomic mass is 32.1. The Bertz CT molecular complexity index is 829. The van der Waals surface area contributed by atoms with Crippen molar-refractivity contribution in [2.75, 3.05) is 18.4 Å². The molecule has 0 radical (unpaired) electrons. The lowest BCUT2D eigenvalue weighted by molar-refractivity contribution is -0.118. The fourth-order valence-corrected chi connectivity index (χ4v) is 5.06. The summed E-state index contributed by atoms with van der Waals surface area (Å²) >= 11 is 1.58. The van der Waals surface area contributed by atoms with Crippen LogP contribution in [-0.2, 0) is 24.2 Å². The average molecular weight is 340 g/mol. The van der Waals surface area contributed by atoms with Crippen molar-refractivity contribution in [2.24, 2.45) is 0 Å². The number of nitriles is 1. The monoisotopic (exact) mass is 340 g/mol. The van der Waals surface area contributed by atoms with Gasteiger partial charge in [-0.05, 0) is 43.9 Å². The van der Waals surface area contributed by atoms with E-state index in [1.54, 1.807) is 11.3 Å². The molecule has 1 N–H and O–H groups in total. The fourth-order valence-electron chi connectivity index (χ4n) is 3.80. The van der Waals surface area contributed by atoms with E-state index >= 15 is 0 Å². The highest BCUT2D eigenvalue weighted by Crippen LogP contribution is 2.38. The first-order valence-electron chi connectivity index (χ1n) is 8.41. The summed E-state index contributed by atoms with van der Waals surface area (Å²) in [6, 6.07) is 6.68. The first-order chi connectivity index (χ1) is 11.7. The van der Waals surface area contributed by atoms with Crippen LogP contribution in [0.25, 0.3) is 0 Å². The third-order valence-electron chi connectivity index (χ3n) is 5.10. The Morgan fingerprint density at radius 2 is 2.33 bits per heavy atom. The van der Waals surface area contributed by atoms with E-state index in [0.29, 0.717) is 12.1 Å². The molecule has 0 saturated heterocycles. The Morgan fingerprint density at radius 1 is 1.46 bits per heavy atom. The van der Waals surface area contributed by atoms with E-state index in [4.69, 9.17) is 0 Å². The van der Waals surface area contributed by atoms with Gasteiger partial charge in [-0.25, -0.2) is 0 Å². The van der Waals surface area contributed by atoms with Crippen molar-refractivity contribution >= 4 is 22.2 Å². The lowest BCUT2D eigenvalue weighted by Crippen LogP contribution is -2.41. The number of nitrogens with one attached hydrogen (secondary N) is 1. The summed E-state index contributed by atoms with van der Waals surface area (Å²) in [5.41, 5.74) is 3.09. The van der Waals surface area contributed by atoms with Gasteiger partial charge in [0.25, 0.3) is 0 Å². The van der Waals surface area contributed by atoms with Crippen LogP contribution in [0, 0.1) is 11.3 Å². The molecule has 1 atom stereocenters. The number of hydrogen-bond donors (Lipinski definition) is 1. The van der Waals surface area contributed by atoms with Gasteiger partial charge in [0, 0.05) is 35.9 Å². The zero-order chi connectivity index (χ0) is 16.7. The molecule has 2 aliphatic rings. The van der Waals surface area contributed by atoms with Crippen LogP contribution in [0.5, 0.6) is 0 Å². The molecule has 5 nitrogen and oxygen atoms in total. The summed E-state index contributed by atoms with van der Waals surface area (Å²) in [6.45, 7) is 4.28. The lowest BCUT2D eigenvalue weighted by atomic mass is 10.1. The number of fused-ring (bicyclic) bond motifs is 2. The Balaban J connectivity index is 1.46. The standard InChI is InChI=1S/C18H20N4OS/c1-12-15-5-3-7-21(15)8-9-22(12)11-17(23)20-18-14(10-19)13-4-2-6-16(13)24-18/h3,5,7,12H,2,4,6,8-9,11H2,1H3,(H,20,23). The number of nitrogens with zero attached hydrogens (tertiary/aromatic N) is 3. The molecule has 0 aromatic carbocycles. The molecule has 1 amide bonds. The van der Waals surface area contributed by atoms with E-state index in [1.165, 1.54) is 10.6 Å². The Hall–Kier alpha value is -2.10. The topological polar surface area (TPSA) is 61.1 Å². The van der Waals surface area contributed by atoms with Crippen molar-refractivity contribution in [2.45, 2.75) is 38.8 Å². The summed E-state index contributed by atoms with van der Waals surface area (Å²) in [4.78, 5) is 16.0. The third kappa shape index (κ3) is 2.54. The zero-order valence-electron chi connectivity index (χ0n) is 13.7. The molecule has 24 heavy (non-hydrogen) atoms. The van der Waals surface area contributed by atoms with Crippen LogP contribution in [0.3, 0.4) is 0 Å². The summed E-state index contributed by atoms with van der Waals surface area (Å²) < 4.78 is 2.25. The average Bonchev–Trinajstić information content (AvgIpc) is 3.25. The molecule has 1 aliphatic heterocycles. The van der Waals surface area contributed by atoms with Gasteiger partial charge in [-0.15, -0.1) is 11.3 Å². The number of aryl methyl sites for hydroxylation is 1. The van der Waals surface area contributed by atoms with Crippen molar-refractivity contribution in [3.05, 3.63) is 40.0 Å². The second-order valence-electron chi connectivity index (χ2n) is 6.49. The predicted octanol–water partition coefficient (Wildman–Crippen LogP) is 2.93. The number of thiophene rings is 1. The summed E-state index contributed by atoms with van der Waals surface area (Å²) in [5.74, 6) is -0.0294. The predicted molar refractivity (Wildman–Crippen MR) is 94.1 cm³/mol. The smallest absolute Gasteiger partial charge is 0.239 e.